The van der Waals surface area contributed by atoms with Crippen LogP contribution in [0, 0.1) is 0 Å². The van der Waals surface area contributed by atoms with Crippen molar-refractivity contribution in [3.63, 3.8) is 0 Å². The third-order valence-corrected chi connectivity index (χ3v) is 14.2. The van der Waals surface area contributed by atoms with Crippen LogP contribution in [0.1, 0.15) is 52.7 Å². The lowest BCUT2D eigenvalue weighted by atomic mass is 9.78. The molecule has 13 rings (SSSR count). The zero-order valence-corrected chi connectivity index (χ0v) is 39.2. The number of fused-ring (bicyclic) bond motifs is 12. The zero-order chi connectivity index (χ0) is 46.1. The van der Waals surface area contributed by atoms with Crippen molar-refractivity contribution in [2.24, 2.45) is 0 Å². The van der Waals surface area contributed by atoms with Crippen molar-refractivity contribution in [1.82, 2.24) is 0 Å². The topological polar surface area (TPSA) is 32.8 Å². The number of para-hydroxylation sites is 6. The van der Waals surface area contributed by atoms with E-state index in [2.05, 4.69) is 245 Å². The van der Waals surface area contributed by atoms with Gasteiger partial charge in [0.2, 0.25) is 0 Å². The van der Waals surface area contributed by atoms with Crippen LogP contribution in [0.3, 0.4) is 0 Å². The van der Waals surface area contributed by atoms with E-state index in [1.54, 1.807) is 0 Å². The molecule has 0 spiro atoms. The largest absolute Gasteiger partial charge is 0.454 e. The van der Waals surface area contributed by atoms with Crippen molar-refractivity contribution >= 4 is 99.5 Å². The predicted molar refractivity (Wildman–Crippen MR) is 287 cm³/mol. The fourth-order valence-electron chi connectivity index (χ4n) is 10.8. The van der Waals surface area contributed by atoms with Gasteiger partial charge < -0.3 is 18.6 Å². The Bertz CT molecular complexity index is 3720. The molecule has 0 aliphatic heterocycles. The highest BCUT2D eigenvalue weighted by molar-refractivity contribution is 6.15. The first-order chi connectivity index (χ1) is 33.0. The van der Waals surface area contributed by atoms with Crippen molar-refractivity contribution in [3.8, 4) is 22.3 Å². The molecule has 0 fully saturated rings. The Kier molecular flexibility index (Phi) is 8.70. The van der Waals surface area contributed by atoms with Crippen molar-refractivity contribution in [1.29, 1.82) is 0 Å². The van der Waals surface area contributed by atoms with Crippen LogP contribution in [-0.4, -0.2) is 0 Å². The smallest absolute Gasteiger partial charge is 0.159 e. The standard InChI is InChI=1S/C64H50N2O2/c1-63(2,3)55-25-13-21-47-49-23-15-27-57(61(49)67-59(47)55)65(43-17-9-7-10-18-43)45-31-29-39-35-51-53(37-41(39)33-45)52-36-40-30-32-46(34-42(40)38-54(51)52)66(44-19-11-8-12-20-44)58-28-16-24-50-48-22-14-26-56(64(4,5)6)60(48)68-62(50)58/h7-38H,1-6H3. The molecular formula is C64H50N2O2. The highest BCUT2D eigenvalue weighted by Gasteiger charge is 2.28. The molecule has 12 aromatic rings. The number of anilines is 6. The van der Waals surface area contributed by atoms with Gasteiger partial charge in [-0.15, -0.1) is 0 Å². The zero-order valence-electron chi connectivity index (χ0n) is 39.2. The highest BCUT2D eigenvalue weighted by Crippen LogP contribution is 2.52. The van der Waals surface area contributed by atoms with Crippen LogP contribution in [0.4, 0.5) is 34.1 Å². The van der Waals surface area contributed by atoms with Gasteiger partial charge >= 0.3 is 0 Å². The van der Waals surface area contributed by atoms with Gasteiger partial charge in [-0.05, 0) is 140 Å². The first-order valence-electron chi connectivity index (χ1n) is 23.7. The first kappa shape index (κ1) is 40.2. The highest BCUT2D eigenvalue weighted by atomic mass is 16.3. The monoisotopic (exact) mass is 878 g/mol. The molecule has 0 amide bonds. The van der Waals surface area contributed by atoms with E-state index in [1.165, 1.54) is 54.9 Å². The second-order valence-corrected chi connectivity index (χ2v) is 20.6. The van der Waals surface area contributed by atoms with Gasteiger partial charge in [-0.25, -0.2) is 0 Å². The number of nitrogens with zero attached hydrogens (tertiary/aromatic N) is 2. The Morgan fingerprint density at radius 1 is 0.294 bits per heavy atom. The van der Waals surface area contributed by atoms with Gasteiger partial charge in [0.15, 0.2) is 11.2 Å². The fraction of sp³-hybridized carbons (Fsp3) is 0.125. The number of hydrogen-bond acceptors (Lipinski definition) is 4. The molecule has 1 aliphatic rings. The molecule has 0 radical (unpaired) electrons. The van der Waals surface area contributed by atoms with Crippen LogP contribution in [0.25, 0.3) is 87.7 Å². The SMILES string of the molecule is CC(C)(C)c1cccc2c1oc1c(N(c3ccccc3)c3ccc4cc5c(cc4c3)-c3cc4ccc(N(c6ccccc6)c6cccc7c6oc6c(C(C)(C)C)cccc67)cc4cc3-5)cccc12. The summed E-state index contributed by atoms with van der Waals surface area (Å²) in [5, 5.41) is 9.34. The summed E-state index contributed by atoms with van der Waals surface area (Å²) in [6.07, 6.45) is 0. The van der Waals surface area contributed by atoms with Crippen molar-refractivity contribution < 1.29 is 8.83 Å². The summed E-state index contributed by atoms with van der Waals surface area (Å²) in [7, 11) is 0. The molecule has 10 aromatic carbocycles. The lowest BCUT2D eigenvalue weighted by molar-refractivity contribution is 0.572. The number of rotatable bonds is 6. The molecule has 2 heterocycles. The van der Waals surface area contributed by atoms with Gasteiger partial charge in [0.25, 0.3) is 0 Å². The molecule has 1 aliphatic carbocycles. The molecule has 0 saturated carbocycles. The summed E-state index contributed by atoms with van der Waals surface area (Å²) >= 11 is 0. The van der Waals surface area contributed by atoms with E-state index in [-0.39, 0.29) is 10.8 Å². The fourth-order valence-corrected chi connectivity index (χ4v) is 10.8. The van der Waals surface area contributed by atoms with Crippen LogP contribution in [-0.2, 0) is 10.8 Å². The van der Waals surface area contributed by atoms with Crippen molar-refractivity contribution in [2.75, 3.05) is 9.80 Å². The Hall–Kier alpha value is -8.08. The molecule has 68 heavy (non-hydrogen) atoms. The van der Waals surface area contributed by atoms with Gasteiger partial charge in [-0.3, -0.25) is 0 Å². The molecule has 2 aromatic heterocycles. The van der Waals surface area contributed by atoms with Crippen LogP contribution >= 0.6 is 0 Å². The second kappa shape index (κ2) is 14.7. The van der Waals surface area contributed by atoms with Crippen LogP contribution in [0.2, 0.25) is 0 Å². The maximum absolute atomic E-state index is 6.93. The van der Waals surface area contributed by atoms with Gasteiger partial charge in [-0.1, -0.05) is 151 Å². The number of furan rings is 2. The molecule has 0 bridgehead atoms. The van der Waals surface area contributed by atoms with Gasteiger partial charge in [0, 0.05) is 55.4 Å². The molecular weight excluding hydrogens is 829 g/mol. The summed E-state index contributed by atoms with van der Waals surface area (Å²) < 4.78 is 13.9. The molecule has 328 valence electrons. The summed E-state index contributed by atoms with van der Waals surface area (Å²) in [6, 6.07) is 70.7. The molecule has 0 saturated heterocycles. The summed E-state index contributed by atoms with van der Waals surface area (Å²) in [4.78, 5) is 4.69. The molecule has 4 nitrogen and oxygen atoms in total. The lowest BCUT2D eigenvalue weighted by Gasteiger charge is -2.28. The van der Waals surface area contributed by atoms with Crippen LogP contribution in [0.5, 0.6) is 0 Å². The third-order valence-electron chi connectivity index (χ3n) is 14.2. The predicted octanol–water partition coefficient (Wildman–Crippen LogP) is 19.0. The minimum atomic E-state index is -0.0618. The molecule has 0 atom stereocenters. The average Bonchev–Trinajstić information content (AvgIpc) is 3.93. The van der Waals surface area contributed by atoms with Gasteiger partial charge in [0.05, 0.1) is 11.4 Å². The van der Waals surface area contributed by atoms with E-state index in [9.17, 15) is 0 Å². The van der Waals surface area contributed by atoms with E-state index in [1.807, 2.05) is 0 Å². The maximum atomic E-state index is 6.93. The summed E-state index contributed by atoms with van der Waals surface area (Å²) in [5.74, 6) is 0. The lowest BCUT2D eigenvalue weighted by Crippen LogP contribution is -2.11. The summed E-state index contributed by atoms with van der Waals surface area (Å²) in [5.41, 5.74) is 17.5. The third kappa shape index (κ3) is 6.20. The Morgan fingerprint density at radius 3 is 1.03 bits per heavy atom. The molecule has 0 unspecified atom stereocenters. The molecule has 0 N–H and O–H groups in total. The van der Waals surface area contributed by atoms with E-state index >= 15 is 0 Å². The van der Waals surface area contributed by atoms with E-state index in [4.69, 9.17) is 8.83 Å². The number of hydrogen-bond donors (Lipinski definition) is 0. The first-order valence-corrected chi connectivity index (χ1v) is 23.7. The van der Waals surface area contributed by atoms with E-state index < -0.39 is 0 Å². The van der Waals surface area contributed by atoms with Crippen LogP contribution < -0.4 is 9.80 Å². The number of benzene rings is 10. The Morgan fingerprint density at radius 2 is 0.647 bits per heavy atom. The normalized spacial score (nSPS) is 12.6. The van der Waals surface area contributed by atoms with Crippen molar-refractivity contribution in [3.05, 3.63) is 205 Å². The Labute approximate surface area is 396 Å². The summed E-state index contributed by atoms with van der Waals surface area (Å²) in [6.45, 7) is 13.5. The maximum Gasteiger partial charge on any atom is 0.159 e. The minimum Gasteiger partial charge on any atom is -0.454 e. The Balaban J connectivity index is 0.905. The van der Waals surface area contributed by atoms with Crippen molar-refractivity contribution in [2.45, 2.75) is 52.4 Å². The quantitative estimate of drug-likeness (QED) is 0.167. The van der Waals surface area contributed by atoms with E-state index in [0.29, 0.717) is 0 Å². The van der Waals surface area contributed by atoms with E-state index in [0.717, 1.165) is 78.0 Å². The average molecular weight is 879 g/mol. The second-order valence-electron chi connectivity index (χ2n) is 20.6. The van der Waals surface area contributed by atoms with Crippen LogP contribution in [0.15, 0.2) is 203 Å². The molecule has 4 heteroatoms. The minimum absolute atomic E-state index is 0.0618. The van der Waals surface area contributed by atoms with Gasteiger partial charge in [0.1, 0.15) is 11.2 Å². The van der Waals surface area contributed by atoms with Gasteiger partial charge in [-0.2, -0.15) is 0 Å².